The first-order chi connectivity index (χ1) is 8.65. The number of hydrogen-bond acceptors (Lipinski definition) is 4. The minimum Gasteiger partial charge on any atom is -0.438 e. The summed E-state index contributed by atoms with van der Waals surface area (Å²) in [7, 11) is 0. The molecular weight excluding hydrogens is 244 g/mol. The Kier molecular flexibility index (Phi) is 2.69. The summed E-state index contributed by atoms with van der Waals surface area (Å²) in [6.45, 7) is 4.08. The first-order valence-electron chi connectivity index (χ1n) is 5.82. The first-order valence-corrected chi connectivity index (χ1v) is 6.70. The van der Waals surface area contributed by atoms with Gasteiger partial charge in [0.05, 0.1) is 0 Å². The SMILES string of the molecule is Cc1cc(C)c2oc(C(N)c3cccs3)nc2c1. The lowest BCUT2D eigenvalue weighted by Crippen LogP contribution is -2.10. The largest absolute Gasteiger partial charge is 0.438 e. The third-order valence-corrected chi connectivity index (χ3v) is 3.91. The standard InChI is InChI=1S/C14H14N2OS/c1-8-6-9(2)13-10(7-8)16-14(17-13)12(15)11-4-3-5-18-11/h3-7,12H,15H2,1-2H3. The van der Waals surface area contributed by atoms with Crippen LogP contribution in [-0.2, 0) is 0 Å². The van der Waals surface area contributed by atoms with Crippen LogP contribution in [-0.4, -0.2) is 4.98 Å². The highest BCUT2D eigenvalue weighted by Gasteiger charge is 2.17. The van der Waals surface area contributed by atoms with E-state index in [0.29, 0.717) is 5.89 Å². The van der Waals surface area contributed by atoms with Crippen LogP contribution in [0.2, 0.25) is 0 Å². The predicted octanol–water partition coefficient (Wildman–Crippen LogP) is 3.55. The molecule has 2 heterocycles. The van der Waals surface area contributed by atoms with Crippen molar-refractivity contribution in [2.75, 3.05) is 0 Å². The minimum atomic E-state index is -0.280. The number of rotatable bonds is 2. The van der Waals surface area contributed by atoms with Crippen LogP contribution in [0, 0.1) is 13.8 Å². The van der Waals surface area contributed by atoms with Crippen molar-refractivity contribution in [3.8, 4) is 0 Å². The van der Waals surface area contributed by atoms with E-state index in [0.717, 1.165) is 21.5 Å². The number of nitrogens with two attached hydrogens (primary N) is 1. The van der Waals surface area contributed by atoms with Gasteiger partial charge in [-0.1, -0.05) is 12.1 Å². The quantitative estimate of drug-likeness (QED) is 0.764. The second-order valence-electron chi connectivity index (χ2n) is 4.48. The van der Waals surface area contributed by atoms with Gasteiger partial charge in [-0.05, 0) is 42.5 Å². The number of thiophene rings is 1. The number of aromatic nitrogens is 1. The molecule has 0 fully saturated rings. The average Bonchev–Trinajstić information content (AvgIpc) is 2.96. The van der Waals surface area contributed by atoms with Gasteiger partial charge >= 0.3 is 0 Å². The van der Waals surface area contributed by atoms with E-state index in [1.807, 2.05) is 30.5 Å². The van der Waals surface area contributed by atoms with Crippen LogP contribution in [0.1, 0.15) is 27.9 Å². The van der Waals surface area contributed by atoms with Crippen molar-refractivity contribution >= 4 is 22.4 Å². The maximum absolute atomic E-state index is 6.17. The smallest absolute Gasteiger partial charge is 0.217 e. The molecule has 0 saturated heterocycles. The second kappa shape index (κ2) is 4.23. The third kappa shape index (κ3) is 1.83. The number of aryl methyl sites for hydroxylation is 2. The summed E-state index contributed by atoms with van der Waals surface area (Å²) in [5, 5.41) is 2.01. The van der Waals surface area contributed by atoms with Crippen molar-refractivity contribution in [1.82, 2.24) is 4.98 Å². The zero-order valence-corrected chi connectivity index (χ0v) is 11.1. The molecule has 0 aliphatic carbocycles. The number of fused-ring (bicyclic) bond motifs is 1. The molecule has 0 saturated carbocycles. The summed E-state index contributed by atoms with van der Waals surface area (Å²) < 4.78 is 5.81. The summed E-state index contributed by atoms with van der Waals surface area (Å²) in [6.07, 6.45) is 0. The predicted molar refractivity (Wildman–Crippen MR) is 73.8 cm³/mol. The minimum absolute atomic E-state index is 0.280. The molecule has 0 amide bonds. The fraction of sp³-hybridized carbons (Fsp3) is 0.214. The Hall–Kier alpha value is -1.65. The first kappa shape index (κ1) is 11.4. The number of oxazole rings is 1. The van der Waals surface area contributed by atoms with Crippen LogP contribution < -0.4 is 5.73 Å². The number of nitrogens with zero attached hydrogens (tertiary/aromatic N) is 1. The van der Waals surface area contributed by atoms with Crippen molar-refractivity contribution < 1.29 is 4.42 Å². The molecule has 3 nitrogen and oxygen atoms in total. The maximum atomic E-state index is 6.17. The van der Waals surface area contributed by atoms with Crippen LogP contribution in [0.25, 0.3) is 11.1 Å². The number of benzene rings is 1. The zero-order valence-electron chi connectivity index (χ0n) is 10.3. The lowest BCUT2D eigenvalue weighted by molar-refractivity contribution is 0.506. The molecular formula is C14H14N2OS. The molecule has 3 rings (SSSR count). The van der Waals surface area contributed by atoms with Gasteiger partial charge in [0.25, 0.3) is 0 Å². The fourth-order valence-electron chi connectivity index (χ4n) is 2.12. The average molecular weight is 258 g/mol. The van der Waals surface area contributed by atoms with Crippen LogP contribution in [0.5, 0.6) is 0 Å². The van der Waals surface area contributed by atoms with Crippen molar-refractivity contribution in [3.05, 3.63) is 51.5 Å². The van der Waals surface area contributed by atoms with Gasteiger partial charge in [0.1, 0.15) is 11.6 Å². The van der Waals surface area contributed by atoms with Gasteiger partial charge in [-0.15, -0.1) is 11.3 Å². The van der Waals surface area contributed by atoms with Crippen LogP contribution in [0.15, 0.2) is 34.1 Å². The Bertz CT molecular complexity index is 685. The molecule has 2 N–H and O–H groups in total. The summed E-state index contributed by atoms with van der Waals surface area (Å²) >= 11 is 1.62. The molecule has 0 spiro atoms. The zero-order chi connectivity index (χ0) is 12.7. The molecule has 0 aliphatic heterocycles. The lowest BCUT2D eigenvalue weighted by Gasteiger charge is -2.03. The van der Waals surface area contributed by atoms with Gasteiger partial charge in [0.15, 0.2) is 5.58 Å². The molecule has 1 aromatic carbocycles. The summed E-state index contributed by atoms with van der Waals surface area (Å²) in [4.78, 5) is 5.57. The summed E-state index contributed by atoms with van der Waals surface area (Å²) in [5.74, 6) is 0.584. The topological polar surface area (TPSA) is 52.0 Å². The molecule has 0 bridgehead atoms. The summed E-state index contributed by atoms with van der Waals surface area (Å²) in [6, 6.07) is 7.82. The Labute approximate surface area is 109 Å². The Morgan fingerprint density at radius 2 is 2.17 bits per heavy atom. The van der Waals surface area contributed by atoms with Gasteiger partial charge in [-0.2, -0.15) is 0 Å². The van der Waals surface area contributed by atoms with Crippen molar-refractivity contribution in [2.45, 2.75) is 19.9 Å². The molecule has 18 heavy (non-hydrogen) atoms. The van der Waals surface area contributed by atoms with Crippen molar-refractivity contribution in [3.63, 3.8) is 0 Å². The highest BCUT2D eigenvalue weighted by Crippen LogP contribution is 2.28. The Morgan fingerprint density at radius 3 is 2.89 bits per heavy atom. The molecule has 92 valence electrons. The monoisotopic (exact) mass is 258 g/mol. The Balaban J connectivity index is 2.11. The van der Waals surface area contributed by atoms with Crippen LogP contribution in [0.4, 0.5) is 0 Å². The molecule has 4 heteroatoms. The van der Waals surface area contributed by atoms with Gasteiger partial charge < -0.3 is 10.2 Å². The molecule has 1 unspecified atom stereocenters. The second-order valence-corrected chi connectivity index (χ2v) is 5.45. The fourth-order valence-corrected chi connectivity index (χ4v) is 2.84. The van der Waals surface area contributed by atoms with E-state index in [1.165, 1.54) is 5.56 Å². The van der Waals surface area contributed by atoms with E-state index < -0.39 is 0 Å². The highest BCUT2D eigenvalue weighted by molar-refractivity contribution is 7.10. The lowest BCUT2D eigenvalue weighted by atomic mass is 10.1. The van der Waals surface area contributed by atoms with E-state index in [-0.39, 0.29) is 6.04 Å². The molecule has 3 aromatic rings. The van der Waals surface area contributed by atoms with E-state index in [9.17, 15) is 0 Å². The van der Waals surface area contributed by atoms with E-state index >= 15 is 0 Å². The molecule has 0 aliphatic rings. The maximum Gasteiger partial charge on any atom is 0.217 e. The molecule has 0 radical (unpaired) electrons. The van der Waals surface area contributed by atoms with Gasteiger partial charge in [-0.3, -0.25) is 0 Å². The van der Waals surface area contributed by atoms with E-state index in [1.54, 1.807) is 11.3 Å². The van der Waals surface area contributed by atoms with E-state index in [4.69, 9.17) is 10.2 Å². The van der Waals surface area contributed by atoms with Gasteiger partial charge in [0.2, 0.25) is 5.89 Å². The Morgan fingerprint density at radius 1 is 1.33 bits per heavy atom. The van der Waals surface area contributed by atoms with E-state index in [2.05, 4.69) is 18.0 Å². The molecule has 2 aromatic heterocycles. The molecule has 1 atom stereocenters. The van der Waals surface area contributed by atoms with Crippen LogP contribution in [0.3, 0.4) is 0 Å². The third-order valence-electron chi connectivity index (χ3n) is 2.95. The van der Waals surface area contributed by atoms with Crippen LogP contribution >= 0.6 is 11.3 Å². The van der Waals surface area contributed by atoms with Crippen molar-refractivity contribution in [1.29, 1.82) is 0 Å². The summed E-state index contributed by atoms with van der Waals surface area (Å²) in [5.41, 5.74) is 10.2. The van der Waals surface area contributed by atoms with Gasteiger partial charge in [0, 0.05) is 4.88 Å². The highest BCUT2D eigenvalue weighted by atomic mass is 32.1. The normalized spacial score (nSPS) is 13.1. The number of hydrogen-bond donors (Lipinski definition) is 1. The van der Waals surface area contributed by atoms with Gasteiger partial charge in [-0.25, -0.2) is 4.98 Å². The van der Waals surface area contributed by atoms with Crippen molar-refractivity contribution in [2.24, 2.45) is 5.73 Å².